The van der Waals surface area contributed by atoms with E-state index in [0.29, 0.717) is 17.4 Å². The van der Waals surface area contributed by atoms with Crippen LogP contribution in [0.4, 0.5) is 0 Å². The van der Waals surface area contributed by atoms with Gasteiger partial charge in [0.05, 0.1) is 17.7 Å². The van der Waals surface area contributed by atoms with Crippen molar-refractivity contribution in [3.8, 4) is 16.8 Å². The molecule has 1 amide bonds. The zero-order valence-electron chi connectivity index (χ0n) is 24.9. The normalized spacial score (nSPS) is 13.3. The molecule has 3 heterocycles. The lowest BCUT2D eigenvalue weighted by atomic mass is 9.88. The second kappa shape index (κ2) is 14.7. The van der Waals surface area contributed by atoms with Gasteiger partial charge in [0.2, 0.25) is 17.8 Å². The Kier molecular flexibility index (Phi) is 10.3. The highest BCUT2D eigenvalue weighted by atomic mass is 35.5. The molecule has 0 unspecified atom stereocenters. The van der Waals surface area contributed by atoms with Crippen LogP contribution < -0.4 is 4.73 Å². The average Bonchev–Trinajstić information content (AvgIpc) is 3.58. The summed E-state index contributed by atoms with van der Waals surface area (Å²) in [6, 6.07) is 28.1. The van der Waals surface area contributed by atoms with Crippen LogP contribution in [-0.2, 0) is 16.0 Å². The number of carbonyl (C=O) groups is 1. The van der Waals surface area contributed by atoms with Crippen molar-refractivity contribution in [2.75, 3.05) is 26.8 Å². The number of likely N-dealkylation sites (tertiary alicyclic amines) is 1. The van der Waals surface area contributed by atoms with Crippen LogP contribution in [-0.4, -0.2) is 63.0 Å². The van der Waals surface area contributed by atoms with Crippen LogP contribution in [0.15, 0.2) is 97.5 Å². The summed E-state index contributed by atoms with van der Waals surface area (Å²) < 4.78 is 7.70. The molecule has 2 aromatic heterocycles. The summed E-state index contributed by atoms with van der Waals surface area (Å²) in [4.78, 5) is 14.0. The van der Waals surface area contributed by atoms with Crippen molar-refractivity contribution in [2.24, 2.45) is 0 Å². The topological polar surface area (TPSA) is 97.2 Å². The second-order valence-electron chi connectivity index (χ2n) is 10.8. The summed E-state index contributed by atoms with van der Waals surface area (Å²) in [5, 5.41) is 22.8. The molecule has 1 aliphatic rings. The van der Waals surface area contributed by atoms with E-state index in [1.165, 1.54) is 17.5 Å². The zero-order chi connectivity index (χ0) is 30.9. The van der Waals surface area contributed by atoms with Gasteiger partial charge in [-0.05, 0) is 71.5 Å². The van der Waals surface area contributed by atoms with Crippen molar-refractivity contribution in [1.29, 1.82) is 0 Å². The molecular formula is C34H36ClN6O3+. The van der Waals surface area contributed by atoms with E-state index in [-0.39, 0.29) is 12.5 Å². The summed E-state index contributed by atoms with van der Waals surface area (Å²) in [7, 11) is 1.55. The molecule has 44 heavy (non-hydrogen) atoms. The number of halogens is 1. The van der Waals surface area contributed by atoms with Crippen molar-refractivity contribution >= 4 is 17.5 Å². The van der Waals surface area contributed by atoms with E-state index in [9.17, 15) is 10.0 Å². The number of aryl methyl sites for hydroxylation is 1. The molecule has 10 heteroatoms. The number of piperidine rings is 1. The number of rotatable bonds is 7. The third-order valence-electron chi connectivity index (χ3n) is 7.74. The first-order chi connectivity index (χ1) is 21.4. The minimum absolute atomic E-state index is 0.0495. The number of benzene rings is 3. The van der Waals surface area contributed by atoms with Crippen molar-refractivity contribution < 1.29 is 19.5 Å². The van der Waals surface area contributed by atoms with Gasteiger partial charge in [-0.2, -0.15) is 4.68 Å². The van der Waals surface area contributed by atoms with Crippen LogP contribution in [0.5, 0.6) is 0 Å². The Hall–Kier alpha value is -4.60. The number of hydrogen-bond donors (Lipinski definition) is 1. The second-order valence-corrected chi connectivity index (χ2v) is 11.3. The number of nitrogens with zero attached hydrogens (tertiary/aromatic N) is 6. The zero-order valence-corrected chi connectivity index (χ0v) is 25.6. The summed E-state index contributed by atoms with van der Waals surface area (Å²) in [5.74, 6) is 0.455. The summed E-state index contributed by atoms with van der Waals surface area (Å²) >= 11 is 6.27. The van der Waals surface area contributed by atoms with E-state index < -0.39 is 0 Å². The minimum Gasteiger partial charge on any atom is -0.375 e. The first-order valence-electron chi connectivity index (χ1n) is 14.6. The summed E-state index contributed by atoms with van der Waals surface area (Å²) in [6.45, 7) is 3.70. The van der Waals surface area contributed by atoms with Gasteiger partial charge in [-0.15, -0.1) is 5.10 Å². The average molecular weight is 612 g/mol. The molecule has 5 aromatic rings. The molecule has 0 spiro atoms. The van der Waals surface area contributed by atoms with Gasteiger partial charge in [0, 0.05) is 41.6 Å². The Balaban J connectivity index is 0.000000484. The number of pyridine rings is 1. The molecule has 1 aliphatic heterocycles. The van der Waals surface area contributed by atoms with Crippen LogP contribution in [0, 0.1) is 6.92 Å². The largest absolute Gasteiger partial charge is 0.375 e. The highest BCUT2D eigenvalue weighted by molar-refractivity contribution is 6.31. The number of carbonyl (C=O) groups excluding carboxylic acids is 1. The molecule has 1 N–H and O–H groups in total. The highest BCUT2D eigenvalue weighted by Crippen LogP contribution is 2.30. The standard InChI is InChI=1S/C27H28ClN6O3.C7H8/c1-37-17-27(35)32-11-9-20(10-12-32)21-4-2-3-19(13-21)14-24-7-5-22(16-34(24)36)25-15-23(28)6-8-26(25)33-18-29-30-31-33;1-7-5-3-2-4-6-7/h2-8,13,15-16,18,20,36H,9-12,14,17H2,1H3;2-6H,1H3/q+1;. The van der Waals surface area contributed by atoms with E-state index in [0.717, 1.165) is 58.7 Å². The number of hydrogen-bond acceptors (Lipinski definition) is 6. The SMILES string of the molecule is COCC(=O)N1CCC(c2cccc(Cc3ccc(-c4cc(Cl)ccc4-n4cnnn4)c[n+]3O)c2)CC1.Cc1ccccc1. The molecular weight excluding hydrogens is 576 g/mol. The lowest BCUT2D eigenvalue weighted by molar-refractivity contribution is -0.909. The van der Waals surface area contributed by atoms with Crippen molar-refractivity contribution in [1.82, 2.24) is 25.1 Å². The minimum atomic E-state index is 0.0495. The van der Waals surface area contributed by atoms with Crippen LogP contribution in [0.25, 0.3) is 16.8 Å². The Bertz CT molecular complexity index is 1670. The quantitative estimate of drug-likeness (QED) is 0.194. The van der Waals surface area contributed by atoms with Crippen molar-refractivity contribution in [3.63, 3.8) is 0 Å². The van der Waals surface area contributed by atoms with Gasteiger partial charge < -0.3 is 9.64 Å². The molecule has 0 atom stereocenters. The Morgan fingerprint density at radius 3 is 2.48 bits per heavy atom. The van der Waals surface area contributed by atoms with Crippen molar-refractivity contribution in [2.45, 2.75) is 32.1 Å². The van der Waals surface area contributed by atoms with Crippen LogP contribution in [0.3, 0.4) is 0 Å². The first-order valence-corrected chi connectivity index (χ1v) is 14.9. The third-order valence-corrected chi connectivity index (χ3v) is 7.98. The van der Waals surface area contributed by atoms with Gasteiger partial charge in [0.1, 0.15) is 12.9 Å². The predicted octanol–water partition coefficient (Wildman–Crippen LogP) is 5.45. The van der Waals surface area contributed by atoms with Gasteiger partial charge in [-0.3, -0.25) is 10.0 Å². The van der Waals surface area contributed by atoms with Crippen LogP contribution in [0.2, 0.25) is 5.02 Å². The number of ether oxygens (including phenoxy) is 1. The smallest absolute Gasteiger partial charge is 0.248 e. The summed E-state index contributed by atoms with van der Waals surface area (Å²) in [6.07, 6.45) is 5.62. The fourth-order valence-electron chi connectivity index (χ4n) is 5.41. The maximum Gasteiger partial charge on any atom is 0.248 e. The Labute approximate surface area is 262 Å². The maximum atomic E-state index is 12.1. The molecule has 0 saturated carbocycles. The molecule has 0 radical (unpaired) electrons. The fourth-order valence-corrected chi connectivity index (χ4v) is 5.58. The van der Waals surface area contributed by atoms with E-state index in [1.807, 2.05) is 47.4 Å². The number of amides is 1. The van der Waals surface area contributed by atoms with Gasteiger partial charge in [0.15, 0.2) is 0 Å². The number of aromatic nitrogens is 5. The molecule has 1 fully saturated rings. The van der Waals surface area contributed by atoms with Crippen molar-refractivity contribution in [3.05, 3.63) is 125 Å². The molecule has 9 nitrogen and oxygen atoms in total. The molecule has 0 bridgehead atoms. The third kappa shape index (κ3) is 7.86. The van der Waals surface area contributed by atoms with Gasteiger partial charge in [0.25, 0.3) is 0 Å². The first kappa shape index (κ1) is 30.8. The van der Waals surface area contributed by atoms with E-state index in [2.05, 4.69) is 58.8 Å². The van der Waals surface area contributed by atoms with Gasteiger partial charge >= 0.3 is 0 Å². The van der Waals surface area contributed by atoms with E-state index in [1.54, 1.807) is 24.1 Å². The van der Waals surface area contributed by atoms with Crippen LogP contribution in [0.1, 0.15) is 41.1 Å². The molecule has 0 aliphatic carbocycles. The lowest BCUT2D eigenvalue weighted by Gasteiger charge is -2.32. The highest BCUT2D eigenvalue weighted by Gasteiger charge is 2.24. The Morgan fingerprint density at radius 2 is 1.82 bits per heavy atom. The summed E-state index contributed by atoms with van der Waals surface area (Å²) in [5.41, 5.74) is 6.79. The molecule has 1 saturated heterocycles. The predicted molar refractivity (Wildman–Crippen MR) is 168 cm³/mol. The van der Waals surface area contributed by atoms with E-state index >= 15 is 0 Å². The maximum absolute atomic E-state index is 12.1. The fraction of sp³-hybridized carbons (Fsp3) is 0.265. The molecule has 226 valence electrons. The lowest BCUT2D eigenvalue weighted by Crippen LogP contribution is -2.39. The number of methoxy groups -OCH3 is 1. The van der Waals surface area contributed by atoms with Gasteiger partial charge in [-0.25, -0.2) is 0 Å². The number of tetrazole rings is 1. The van der Waals surface area contributed by atoms with Crippen LogP contribution >= 0.6 is 11.6 Å². The van der Waals surface area contributed by atoms with E-state index in [4.69, 9.17) is 16.3 Å². The Morgan fingerprint density at radius 1 is 1.02 bits per heavy atom. The molecule has 6 rings (SSSR count). The molecule has 3 aromatic carbocycles. The van der Waals surface area contributed by atoms with Gasteiger partial charge in [-0.1, -0.05) is 71.8 Å². The monoisotopic (exact) mass is 611 g/mol.